The maximum absolute atomic E-state index is 11.9. The molecule has 10 nitrogen and oxygen atoms in total. The van der Waals surface area contributed by atoms with Crippen molar-refractivity contribution in [2.75, 3.05) is 12.3 Å². The van der Waals surface area contributed by atoms with Crippen LogP contribution in [0.15, 0.2) is 12.7 Å². The Morgan fingerprint density at radius 2 is 1.96 bits per heavy atom. The number of nitrogens with zero attached hydrogens (tertiary/aromatic N) is 4. The minimum Gasteiger partial charge on any atom is -0.461 e. The highest BCUT2D eigenvalue weighted by atomic mass is 16.5. The van der Waals surface area contributed by atoms with Crippen molar-refractivity contribution in [3.8, 4) is 0 Å². The third-order valence-corrected chi connectivity index (χ3v) is 3.70. The number of carbonyl (C=O) groups excluding carboxylic acids is 2. The molecule has 148 valence electrons. The predicted octanol–water partition coefficient (Wildman–Crippen LogP) is 0.660. The first-order chi connectivity index (χ1) is 12.8. The topological polar surface area (TPSA) is 134 Å². The molecule has 1 amide bonds. The molecule has 2 unspecified atom stereocenters. The molecular formula is C17H26N6O4. The van der Waals surface area contributed by atoms with Gasteiger partial charge in [-0.2, -0.15) is 0 Å². The molecule has 0 aromatic carbocycles. The average molecular weight is 378 g/mol. The van der Waals surface area contributed by atoms with Gasteiger partial charge in [-0.1, -0.05) is 0 Å². The zero-order valence-electron chi connectivity index (χ0n) is 16.0. The zero-order valence-corrected chi connectivity index (χ0v) is 16.0. The molecule has 0 fully saturated rings. The van der Waals surface area contributed by atoms with Crippen molar-refractivity contribution in [1.29, 1.82) is 0 Å². The number of nitrogens with one attached hydrogen (secondary N) is 1. The van der Waals surface area contributed by atoms with Gasteiger partial charge in [0.25, 0.3) is 0 Å². The van der Waals surface area contributed by atoms with Gasteiger partial charge in [-0.25, -0.2) is 19.7 Å². The number of hydrogen-bond acceptors (Lipinski definition) is 8. The Bertz CT molecular complexity index is 791. The number of imidazole rings is 1. The Morgan fingerprint density at radius 3 is 2.67 bits per heavy atom. The highest BCUT2D eigenvalue weighted by molar-refractivity contribution is 5.84. The number of aromatic nitrogens is 4. The molecule has 0 saturated heterocycles. The second kappa shape index (κ2) is 9.26. The number of esters is 1. The number of rotatable bonds is 9. The van der Waals surface area contributed by atoms with Gasteiger partial charge in [0.2, 0.25) is 5.91 Å². The van der Waals surface area contributed by atoms with E-state index in [0.717, 1.165) is 0 Å². The Labute approximate surface area is 157 Å². The third-order valence-electron chi connectivity index (χ3n) is 3.70. The first kappa shape index (κ1) is 20.6. The van der Waals surface area contributed by atoms with Gasteiger partial charge in [-0.15, -0.1) is 0 Å². The van der Waals surface area contributed by atoms with E-state index in [1.807, 2.05) is 11.5 Å². The van der Waals surface area contributed by atoms with Gasteiger partial charge >= 0.3 is 5.97 Å². The molecule has 27 heavy (non-hydrogen) atoms. The zero-order chi connectivity index (χ0) is 20.0. The second-order valence-corrected chi connectivity index (χ2v) is 6.53. The number of ether oxygens (including phenoxy) is 2. The summed E-state index contributed by atoms with van der Waals surface area (Å²) in [6.45, 7) is 7.71. The summed E-state index contributed by atoms with van der Waals surface area (Å²) in [5, 5.41) is 2.60. The van der Waals surface area contributed by atoms with E-state index in [4.69, 9.17) is 15.2 Å². The maximum Gasteiger partial charge on any atom is 0.328 e. The Morgan fingerprint density at radius 1 is 1.22 bits per heavy atom. The fourth-order valence-electron chi connectivity index (χ4n) is 2.42. The third kappa shape index (κ3) is 5.88. The largest absolute Gasteiger partial charge is 0.461 e. The van der Waals surface area contributed by atoms with Crippen molar-refractivity contribution in [2.45, 2.75) is 58.9 Å². The summed E-state index contributed by atoms with van der Waals surface area (Å²) in [6, 6.07) is -0.695. The van der Waals surface area contributed by atoms with Crippen molar-refractivity contribution in [1.82, 2.24) is 24.8 Å². The van der Waals surface area contributed by atoms with Crippen molar-refractivity contribution in [3.05, 3.63) is 12.7 Å². The van der Waals surface area contributed by atoms with Crippen LogP contribution in [0.1, 0.15) is 34.1 Å². The summed E-state index contributed by atoms with van der Waals surface area (Å²) < 4.78 is 12.5. The number of hydrogen-bond donors (Lipinski definition) is 2. The van der Waals surface area contributed by atoms with Crippen LogP contribution >= 0.6 is 0 Å². The molecular weight excluding hydrogens is 352 g/mol. The molecule has 0 aliphatic rings. The van der Waals surface area contributed by atoms with Crippen LogP contribution < -0.4 is 11.1 Å². The Kier molecular flexibility index (Phi) is 7.05. The lowest BCUT2D eigenvalue weighted by atomic mass is 10.3. The molecule has 3 N–H and O–H groups in total. The first-order valence-corrected chi connectivity index (χ1v) is 8.80. The normalized spacial score (nSPS) is 13.5. The Hall–Kier alpha value is -2.75. The van der Waals surface area contributed by atoms with E-state index >= 15 is 0 Å². The second-order valence-electron chi connectivity index (χ2n) is 6.53. The summed E-state index contributed by atoms with van der Waals surface area (Å²) in [5.74, 6) is -0.404. The van der Waals surface area contributed by atoms with Gasteiger partial charge in [-0.3, -0.25) is 4.79 Å². The summed E-state index contributed by atoms with van der Waals surface area (Å²) in [6.07, 6.45) is 2.76. The van der Waals surface area contributed by atoms with Crippen molar-refractivity contribution >= 4 is 28.9 Å². The molecule has 2 aromatic rings. The number of fused-ring (bicyclic) bond motifs is 1. The van der Waals surface area contributed by atoms with Crippen LogP contribution in [0, 0.1) is 0 Å². The quantitative estimate of drug-likeness (QED) is 0.608. The molecule has 0 aliphatic heterocycles. The molecule has 0 spiro atoms. The molecule has 0 saturated carbocycles. The number of amides is 1. The fourth-order valence-corrected chi connectivity index (χ4v) is 2.42. The average Bonchev–Trinajstić information content (AvgIpc) is 2.98. The fraction of sp³-hybridized carbons (Fsp3) is 0.588. The summed E-state index contributed by atoms with van der Waals surface area (Å²) >= 11 is 0. The monoisotopic (exact) mass is 378 g/mol. The van der Waals surface area contributed by atoms with E-state index in [9.17, 15) is 9.59 Å². The van der Waals surface area contributed by atoms with Crippen LogP contribution in [0.3, 0.4) is 0 Å². The maximum atomic E-state index is 11.9. The Balaban J connectivity index is 1.75. The van der Waals surface area contributed by atoms with Gasteiger partial charge in [0, 0.05) is 6.42 Å². The van der Waals surface area contributed by atoms with Gasteiger partial charge in [0.1, 0.15) is 17.9 Å². The predicted molar refractivity (Wildman–Crippen MR) is 98.6 cm³/mol. The van der Waals surface area contributed by atoms with Crippen LogP contribution in [0.4, 0.5) is 5.82 Å². The van der Waals surface area contributed by atoms with E-state index in [2.05, 4.69) is 20.3 Å². The molecule has 2 atom stereocenters. The lowest BCUT2D eigenvalue weighted by Gasteiger charge is -2.16. The van der Waals surface area contributed by atoms with Crippen molar-refractivity contribution in [3.63, 3.8) is 0 Å². The molecule has 2 rings (SSSR count). The highest BCUT2D eigenvalue weighted by Gasteiger charge is 2.18. The SMILES string of the molecule is CC(C)OC(=O)C(C)NC(=O)CCOC(C)Cn1cnc2c(N)ncnc21. The minimum absolute atomic E-state index is 0.142. The summed E-state index contributed by atoms with van der Waals surface area (Å²) in [5.41, 5.74) is 6.95. The van der Waals surface area contributed by atoms with E-state index < -0.39 is 12.0 Å². The van der Waals surface area contributed by atoms with Crippen LogP contribution in [0.2, 0.25) is 0 Å². The van der Waals surface area contributed by atoms with E-state index in [1.54, 1.807) is 27.1 Å². The van der Waals surface area contributed by atoms with Crippen LogP contribution in [0.25, 0.3) is 11.2 Å². The van der Waals surface area contributed by atoms with E-state index in [0.29, 0.717) is 23.5 Å². The number of nitrogens with two attached hydrogens (primary N) is 1. The van der Waals surface area contributed by atoms with Gasteiger partial charge in [-0.05, 0) is 27.7 Å². The molecule has 0 radical (unpaired) electrons. The smallest absolute Gasteiger partial charge is 0.328 e. The number of nitrogen functional groups attached to an aromatic ring is 1. The lowest BCUT2D eigenvalue weighted by Crippen LogP contribution is -2.40. The molecule has 0 aliphatic carbocycles. The summed E-state index contributed by atoms with van der Waals surface area (Å²) in [4.78, 5) is 35.9. The number of carbonyl (C=O) groups is 2. The summed E-state index contributed by atoms with van der Waals surface area (Å²) in [7, 11) is 0. The van der Waals surface area contributed by atoms with Crippen LogP contribution in [0.5, 0.6) is 0 Å². The molecule has 2 aromatic heterocycles. The van der Waals surface area contributed by atoms with E-state index in [-0.39, 0.29) is 31.1 Å². The molecule has 2 heterocycles. The minimum atomic E-state index is -0.695. The standard InChI is InChI=1S/C17H26N6O4/c1-10(2)27-17(25)12(4)22-13(24)5-6-26-11(3)7-23-9-21-14-15(18)19-8-20-16(14)23/h8-12H,5-7H2,1-4H3,(H,22,24)(H2,18,19,20). The van der Waals surface area contributed by atoms with Crippen molar-refractivity contribution in [2.24, 2.45) is 0 Å². The lowest BCUT2D eigenvalue weighted by molar-refractivity contribution is -0.151. The van der Waals surface area contributed by atoms with Gasteiger partial charge < -0.3 is 25.1 Å². The van der Waals surface area contributed by atoms with Gasteiger partial charge in [0.05, 0.1) is 31.7 Å². The van der Waals surface area contributed by atoms with Crippen LogP contribution in [-0.2, 0) is 25.6 Å². The first-order valence-electron chi connectivity index (χ1n) is 8.80. The van der Waals surface area contributed by atoms with E-state index in [1.165, 1.54) is 6.33 Å². The molecule has 0 bridgehead atoms. The highest BCUT2D eigenvalue weighted by Crippen LogP contribution is 2.14. The number of anilines is 1. The molecule has 10 heteroatoms. The van der Waals surface area contributed by atoms with Gasteiger partial charge in [0.15, 0.2) is 11.5 Å². The van der Waals surface area contributed by atoms with Crippen molar-refractivity contribution < 1.29 is 19.1 Å². The van der Waals surface area contributed by atoms with Crippen LogP contribution in [-0.4, -0.2) is 56.3 Å².